The first kappa shape index (κ1) is 19.0. The van der Waals surface area contributed by atoms with Gasteiger partial charge in [0.25, 0.3) is 5.91 Å². The molecule has 4 rings (SSSR count). The highest BCUT2D eigenvalue weighted by Gasteiger charge is 2.35. The summed E-state index contributed by atoms with van der Waals surface area (Å²) in [4.78, 5) is 26.4. The molecule has 1 aliphatic heterocycles. The van der Waals surface area contributed by atoms with Gasteiger partial charge in [-0.05, 0) is 68.3 Å². The van der Waals surface area contributed by atoms with Gasteiger partial charge in [-0.15, -0.1) is 0 Å². The lowest BCUT2D eigenvalue weighted by Gasteiger charge is -2.13. The maximum Gasteiger partial charge on any atom is 0.333 e. The zero-order chi connectivity index (χ0) is 20.7. The molecule has 0 atom stereocenters. The van der Waals surface area contributed by atoms with Crippen molar-refractivity contribution in [2.45, 2.75) is 20.8 Å². The third-order valence-electron chi connectivity index (χ3n) is 5.07. The van der Waals surface area contributed by atoms with Crippen LogP contribution in [0.2, 0.25) is 5.02 Å². The lowest BCUT2D eigenvalue weighted by molar-refractivity contribution is -0.113. The Morgan fingerprint density at radius 1 is 0.966 bits per heavy atom. The predicted molar refractivity (Wildman–Crippen MR) is 115 cm³/mol. The molecule has 0 spiro atoms. The Hall–Kier alpha value is -3.31. The van der Waals surface area contributed by atoms with Gasteiger partial charge in [0.15, 0.2) is 0 Å². The smallest absolute Gasteiger partial charge is 0.318 e. The molecule has 0 saturated carbocycles. The summed E-state index contributed by atoms with van der Waals surface area (Å²) < 4.78 is 2.10. The van der Waals surface area contributed by atoms with Gasteiger partial charge in [-0.3, -0.25) is 4.79 Å². The van der Waals surface area contributed by atoms with Crippen LogP contribution >= 0.6 is 11.6 Å². The van der Waals surface area contributed by atoms with E-state index in [1.54, 1.807) is 30.3 Å². The van der Waals surface area contributed by atoms with Crippen LogP contribution in [0, 0.1) is 20.8 Å². The van der Waals surface area contributed by atoms with Crippen LogP contribution in [0.1, 0.15) is 22.5 Å². The van der Waals surface area contributed by atoms with Gasteiger partial charge in [-0.1, -0.05) is 35.9 Å². The van der Waals surface area contributed by atoms with Gasteiger partial charge in [-0.25, -0.2) is 9.69 Å². The first-order chi connectivity index (χ1) is 13.9. The van der Waals surface area contributed by atoms with Crippen LogP contribution < -0.4 is 10.2 Å². The number of anilines is 1. The number of carbonyl (C=O) groups excluding carboxylic acids is 2. The van der Waals surface area contributed by atoms with Crippen molar-refractivity contribution in [2.24, 2.45) is 0 Å². The summed E-state index contributed by atoms with van der Waals surface area (Å²) in [6.45, 7) is 6.01. The SMILES string of the molecule is Cc1ccc(Cl)cc1-n1c(C)cc(/C=C2/NC(=O)N(c3ccccc3)C2=O)c1C. The number of nitrogens with zero attached hydrogens (tertiary/aromatic N) is 2. The second kappa shape index (κ2) is 7.26. The number of aromatic nitrogens is 1. The van der Waals surface area contributed by atoms with E-state index in [4.69, 9.17) is 11.6 Å². The lowest BCUT2D eigenvalue weighted by Crippen LogP contribution is -2.30. The molecule has 0 aliphatic carbocycles. The van der Waals surface area contributed by atoms with Crippen LogP contribution in [0.3, 0.4) is 0 Å². The Balaban J connectivity index is 1.74. The minimum Gasteiger partial charge on any atom is -0.318 e. The maximum absolute atomic E-state index is 12.8. The highest BCUT2D eigenvalue weighted by Crippen LogP contribution is 2.28. The Bertz CT molecular complexity index is 1160. The molecule has 6 heteroatoms. The molecular formula is C23H20ClN3O2. The number of para-hydroxylation sites is 1. The number of imide groups is 1. The van der Waals surface area contributed by atoms with Crippen LogP contribution in [0.4, 0.5) is 10.5 Å². The number of amides is 3. The van der Waals surface area contributed by atoms with Crippen LogP contribution in [-0.2, 0) is 4.79 Å². The highest BCUT2D eigenvalue weighted by molar-refractivity contribution is 6.30. The van der Waals surface area contributed by atoms with Crippen molar-refractivity contribution >= 4 is 35.3 Å². The number of nitrogens with one attached hydrogen (secondary N) is 1. The summed E-state index contributed by atoms with van der Waals surface area (Å²) in [6.07, 6.45) is 1.72. The molecule has 1 aliphatic rings. The van der Waals surface area contributed by atoms with Crippen molar-refractivity contribution in [3.8, 4) is 5.69 Å². The van der Waals surface area contributed by atoms with E-state index in [1.807, 2.05) is 51.1 Å². The summed E-state index contributed by atoms with van der Waals surface area (Å²) in [6, 6.07) is 16.2. The number of benzene rings is 2. The Morgan fingerprint density at radius 3 is 2.41 bits per heavy atom. The molecule has 1 saturated heterocycles. The first-order valence-electron chi connectivity index (χ1n) is 9.24. The molecule has 146 valence electrons. The van der Waals surface area contributed by atoms with Crippen molar-refractivity contribution < 1.29 is 9.59 Å². The average Bonchev–Trinajstić information content (AvgIpc) is 3.13. The Kier molecular flexibility index (Phi) is 4.76. The monoisotopic (exact) mass is 405 g/mol. The van der Waals surface area contributed by atoms with E-state index < -0.39 is 6.03 Å². The van der Waals surface area contributed by atoms with Crippen LogP contribution in [0.25, 0.3) is 11.8 Å². The van der Waals surface area contributed by atoms with E-state index in [1.165, 1.54) is 0 Å². The third-order valence-corrected chi connectivity index (χ3v) is 5.31. The molecule has 0 bridgehead atoms. The van der Waals surface area contributed by atoms with Gasteiger partial charge in [-0.2, -0.15) is 0 Å². The lowest BCUT2D eigenvalue weighted by atomic mass is 10.2. The molecule has 3 amide bonds. The van der Waals surface area contributed by atoms with Gasteiger partial charge in [0.05, 0.1) is 5.69 Å². The maximum atomic E-state index is 12.8. The van der Waals surface area contributed by atoms with Crippen LogP contribution in [-0.4, -0.2) is 16.5 Å². The standard InChI is InChI=1S/C23H20ClN3O2/c1-14-9-10-18(24)13-21(14)26-15(2)11-17(16(26)3)12-20-22(28)27(23(29)25-20)19-7-5-4-6-8-19/h4-13H,1-3H3,(H,25,29)/b20-12+. The summed E-state index contributed by atoms with van der Waals surface area (Å²) in [5.74, 6) is -0.370. The van der Waals surface area contributed by atoms with Crippen molar-refractivity contribution in [3.05, 3.63) is 87.8 Å². The molecule has 5 nitrogen and oxygen atoms in total. The minimum atomic E-state index is -0.452. The minimum absolute atomic E-state index is 0.252. The Labute approximate surface area is 174 Å². The molecule has 3 aromatic rings. The molecule has 2 heterocycles. The second-order valence-electron chi connectivity index (χ2n) is 7.06. The van der Waals surface area contributed by atoms with Crippen molar-refractivity contribution in [1.29, 1.82) is 0 Å². The van der Waals surface area contributed by atoms with E-state index in [9.17, 15) is 9.59 Å². The Morgan fingerprint density at radius 2 is 1.69 bits per heavy atom. The molecule has 0 unspecified atom stereocenters. The number of rotatable bonds is 3. The van der Waals surface area contributed by atoms with Gasteiger partial charge >= 0.3 is 6.03 Å². The highest BCUT2D eigenvalue weighted by atomic mass is 35.5. The van der Waals surface area contributed by atoms with Gasteiger partial charge in [0.2, 0.25) is 0 Å². The average molecular weight is 406 g/mol. The number of hydrogen-bond acceptors (Lipinski definition) is 2. The number of halogens is 1. The number of hydrogen-bond donors (Lipinski definition) is 1. The normalized spacial score (nSPS) is 15.3. The quantitative estimate of drug-likeness (QED) is 0.483. The number of carbonyl (C=O) groups is 2. The summed E-state index contributed by atoms with van der Waals surface area (Å²) in [7, 11) is 0. The summed E-state index contributed by atoms with van der Waals surface area (Å²) in [5, 5.41) is 3.35. The van der Waals surface area contributed by atoms with Gasteiger partial charge < -0.3 is 9.88 Å². The molecule has 2 aromatic carbocycles. The van der Waals surface area contributed by atoms with Crippen molar-refractivity contribution in [2.75, 3.05) is 4.90 Å². The van der Waals surface area contributed by atoms with Crippen LogP contribution in [0.5, 0.6) is 0 Å². The topological polar surface area (TPSA) is 54.3 Å². The van der Waals surface area contributed by atoms with E-state index >= 15 is 0 Å². The molecular weight excluding hydrogens is 386 g/mol. The number of urea groups is 1. The van der Waals surface area contributed by atoms with Gasteiger partial charge in [0.1, 0.15) is 5.70 Å². The van der Waals surface area contributed by atoms with E-state index in [0.717, 1.165) is 33.1 Å². The zero-order valence-corrected chi connectivity index (χ0v) is 17.1. The van der Waals surface area contributed by atoms with E-state index in [0.29, 0.717) is 10.7 Å². The van der Waals surface area contributed by atoms with Gasteiger partial charge in [0, 0.05) is 22.1 Å². The fourth-order valence-corrected chi connectivity index (χ4v) is 3.80. The van der Waals surface area contributed by atoms with E-state index in [-0.39, 0.29) is 11.6 Å². The van der Waals surface area contributed by atoms with E-state index in [2.05, 4.69) is 9.88 Å². The fraction of sp³-hybridized carbons (Fsp3) is 0.130. The van der Waals surface area contributed by atoms with Crippen LogP contribution in [0.15, 0.2) is 60.3 Å². The first-order valence-corrected chi connectivity index (χ1v) is 9.62. The zero-order valence-electron chi connectivity index (χ0n) is 16.4. The summed E-state index contributed by atoms with van der Waals surface area (Å²) in [5.41, 5.74) is 5.71. The van der Waals surface area contributed by atoms with Crippen molar-refractivity contribution in [1.82, 2.24) is 9.88 Å². The third kappa shape index (κ3) is 3.34. The largest absolute Gasteiger partial charge is 0.333 e. The molecule has 1 aromatic heterocycles. The predicted octanol–water partition coefficient (Wildman–Crippen LogP) is 5.15. The summed E-state index contributed by atoms with van der Waals surface area (Å²) >= 11 is 6.20. The molecule has 29 heavy (non-hydrogen) atoms. The second-order valence-corrected chi connectivity index (χ2v) is 7.49. The molecule has 0 radical (unpaired) electrons. The van der Waals surface area contributed by atoms with Crippen molar-refractivity contribution in [3.63, 3.8) is 0 Å². The number of aryl methyl sites for hydroxylation is 2. The molecule has 1 N–H and O–H groups in total. The molecule has 1 fully saturated rings. The fourth-order valence-electron chi connectivity index (χ4n) is 3.63.